The van der Waals surface area contributed by atoms with Gasteiger partial charge in [-0.3, -0.25) is 0 Å². The quantitative estimate of drug-likeness (QED) is 0.759. The molecule has 1 aromatic carbocycles. The average Bonchev–Trinajstić information content (AvgIpc) is 2.24. The van der Waals surface area contributed by atoms with Gasteiger partial charge in [0.05, 0.1) is 6.61 Å². The second kappa shape index (κ2) is 3.62. The topological polar surface area (TPSA) is 21.3 Å². The zero-order valence-electron chi connectivity index (χ0n) is 9.71. The van der Waals surface area contributed by atoms with Gasteiger partial charge >= 0.3 is 0 Å². The van der Waals surface area contributed by atoms with E-state index in [0.717, 1.165) is 13.2 Å². The summed E-state index contributed by atoms with van der Waals surface area (Å²) >= 11 is 0. The summed E-state index contributed by atoms with van der Waals surface area (Å²) in [5.41, 5.74) is 1.15. The van der Waals surface area contributed by atoms with E-state index in [1.165, 1.54) is 5.56 Å². The van der Waals surface area contributed by atoms with E-state index in [1.54, 1.807) is 0 Å². The third kappa shape index (κ3) is 2.21. The van der Waals surface area contributed by atoms with E-state index in [2.05, 4.69) is 50.4 Å². The predicted molar refractivity (Wildman–Crippen MR) is 61.8 cm³/mol. The van der Waals surface area contributed by atoms with Gasteiger partial charge in [0.2, 0.25) is 0 Å². The number of benzene rings is 1. The average molecular weight is 205 g/mol. The Morgan fingerprint density at radius 1 is 1.13 bits per heavy atom. The summed E-state index contributed by atoms with van der Waals surface area (Å²) in [6.45, 7) is 8.09. The lowest BCUT2D eigenvalue weighted by Gasteiger charge is -2.42. The van der Waals surface area contributed by atoms with Gasteiger partial charge in [-0.05, 0) is 26.3 Å². The molecule has 1 fully saturated rings. The highest BCUT2D eigenvalue weighted by Crippen LogP contribution is 2.29. The zero-order chi connectivity index (χ0) is 10.9. The first-order valence-corrected chi connectivity index (χ1v) is 5.46. The summed E-state index contributed by atoms with van der Waals surface area (Å²) < 4.78 is 6.00. The minimum Gasteiger partial charge on any atom is -0.367 e. The lowest BCUT2D eigenvalue weighted by atomic mass is 9.91. The minimum absolute atomic E-state index is 0.0916. The van der Waals surface area contributed by atoms with Gasteiger partial charge in [0, 0.05) is 12.1 Å². The molecule has 1 N–H and O–H groups in total. The van der Waals surface area contributed by atoms with Crippen LogP contribution in [0.1, 0.15) is 26.3 Å². The second-order valence-electron chi connectivity index (χ2n) is 5.12. The number of hydrogen-bond acceptors (Lipinski definition) is 2. The monoisotopic (exact) mass is 205 g/mol. The molecule has 0 aromatic heterocycles. The molecule has 0 bridgehead atoms. The van der Waals surface area contributed by atoms with Crippen LogP contribution in [-0.4, -0.2) is 18.7 Å². The van der Waals surface area contributed by atoms with Gasteiger partial charge < -0.3 is 10.1 Å². The maximum atomic E-state index is 6.00. The van der Waals surface area contributed by atoms with E-state index in [9.17, 15) is 0 Å². The summed E-state index contributed by atoms with van der Waals surface area (Å²) in [6, 6.07) is 10.4. The fourth-order valence-corrected chi connectivity index (χ4v) is 1.83. The van der Waals surface area contributed by atoms with Crippen LogP contribution in [0.5, 0.6) is 0 Å². The maximum absolute atomic E-state index is 6.00. The predicted octanol–water partition coefficient (Wildman–Crippen LogP) is 2.30. The summed E-state index contributed by atoms with van der Waals surface area (Å²) in [7, 11) is 0. The molecule has 1 aliphatic heterocycles. The molecule has 82 valence electrons. The van der Waals surface area contributed by atoms with Crippen molar-refractivity contribution in [3.8, 4) is 0 Å². The first-order valence-electron chi connectivity index (χ1n) is 5.46. The molecule has 0 saturated carbocycles. The fraction of sp³-hybridized carbons (Fsp3) is 0.538. The van der Waals surface area contributed by atoms with Crippen molar-refractivity contribution < 1.29 is 4.74 Å². The highest BCUT2D eigenvalue weighted by atomic mass is 16.5. The van der Waals surface area contributed by atoms with Crippen molar-refractivity contribution in [3.63, 3.8) is 0 Å². The van der Waals surface area contributed by atoms with Crippen LogP contribution in [-0.2, 0) is 10.3 Å². The second-order valence-corrected chi connectivity index (χ2v) is 5.12. The number of morpholine rings is 1. The van der Waals surface area contributed by atoms with Crippen LogP contribution < -0.4 is 5.32 Å². The normalized spacial score (nSPS) is 30.1. The van der Waals surface area contributed by atoms with Gasteiger partial charge in [-0.15, -0.1) is 0 Å². The Kier molecular flexibility index (Phi) is 2.57. The Labute approximate surface area is 91.6 Å². The number of nitrogens with one attached hydrogen (secondary N) is 1. The summed E-state index contributed by atoms with van der Waals surface area (Å²) in [6.07, 6.45) is 0. The van der Waals surface area contributed by atoms with Crippen LogP contribution in [0.2, 0.25) is 0 Å². The molecular formula is C13H19NO. The zero-order valence-corrected chi connectivity index (χ0v) is 9.71. The molecule has 0 aliphatic carbocycles. The highest BCUT2D eigenvalue weighted by molar-refractivity contribution is 5.23. The first kappa shape index (κ1) is 10.7. The van der Waals surface area contributed by atoms with E-state index in [0.29, 0.717) is 0 Å². The van der Waals surface area contributed by atoms with Crippen molar-refractivity contribution in [2.24, 2.45) is 0 Å². The van der Waals surface area contributed by atoms with Crippen LogP contribution in [0.25, 0.3) is 0 Å². The third-order valence-electron chi connectivity index (χ3n) is 3.04. The Bertz CT molecular complexity index is 322. The fourth-order valence-electron chi connectivity index (χ4n) is 1.83. The lowest BCUT2D eigenvalue weighted by Crippen LogP contribution is -2.56. The van der Waals surface area contributed by atoms with Crippen LogP contribution >= 0.6 is 0 Å². The van der Waals surface area contributed by atoms with Gasteiger partial charge in [0.15, 0.2) is 0 Å². The van der Waals surface area contributed by atoms with E-state index in [-0.39, 0.29) is 11.1 Å². The van der Waals surface area contributed by atoms with Gasteiger partial charge in [-0.25, -0.2) is 0 Å². The number of rotatable bonds is 1. The molecule has 1 aliphatic rings. The SMILES string of the molecule is CC1(C)COC(C)(c2ccccc2)CN1. The van der Waals surface area contributed by atoms with E-state index >= 15 is 0 Å². The first-order chi connectivity index (χ1) is 7.02. The molecule has 0 radical (unpaired) electrons. The molecule has 15 heavy (non-hydrogen) atoms. The van der Waals surface area contributed by atoms with Crippen LogP contribution in [0, 0.1) is 0 Å². The van der Waals surface area contributed by atoms with E-state index in [4.69, 9.17) is 4.74 Å². The highest BCUT2D eigenvalue weighted by Gasteiger charge is 2.36. The van der Waals surface area contributed by atoms with Crippen molar-refractivity contribution in [2.45, 2.75) is 31.9 Å². The molecule has 2 heteroatoms. The van der Waals surface area contributed by atoms with Gasteiger partial charge in [-0.1, -0.05) is 30.3 Å². The minimum atomic E-state index is -0.184. The molecule has 1 heterocycles. The molecule has 1 unspecified atom stereocenters. The third-order valence-corrected chi connectivity index (χ3v) is 3.04. The van der Waals surface area contributed by atoms with E-state index < -0.39 is 0 Å². The number of ether oxygens (including phenoxy) is 1. The maximum Gasteiger partial charge on any atom is 0.103 e. The Morgan fingerprint density at radius 2 is 1.80 bits per heavy atom. The lowest BCUT2D eigenvalue weighted by molar-refractivity contribution is -0.0949. The van der Waals surface area contributed by atoms with Crippen molar-refractivity contribution >= 4 is 0 Å². The molecule has 0 amide bonds. The van der Waals surface area contributed by atoms with Crippen molar-refractivity contribution in [2.75, 3.05) is 13.2 Å². The molecule has 1 atom stereocenters. The van der Waals surface area contributed by atoms with E-state index in [1.807, 2.05) is 6.07 Å². The van der Waals surface area contributed by atoms with Crippen LogP contribution in [0.4, 0.5) is 0 Å². The van der Waals surface area contributed by atoms with Gasteiger partial charge in [0.1, 0.15) is 5.60 Å². The summed E-state index contributed by atoms with van der Waals surface area (Å²) in [5, 5.41) is 3.52. The molecule has 2 nitrogen and oxygen atoms in total. The molecule has 1 aromatic rings. The standard InChI is InChI=1S/C13H19NO/c1-12(2)10-15-13(3,9-14-12)11-7-5-4-6-8-11/h4-8,14H,9-10H2,1-3H3. The summed E-state index contributed by atoms with van der Waals surface area (Å²) in [5.74, 6) is 0. The number of hydrogen-bond donors (Lipinski definition) is 1. The van der Waals surface area contributed by atoms with Gasteiger partial charge in [0.25, 0.3) is 0 Å². The molecular weight excluding hydrogens is 186 g/mol. The van der Waals surface area contributed by atoms with Crippen molar-refractivity contribution in [1.29, 1.82) is 0 Å². The largest absolute Gasteiger partial charge is 0.367 e. The Balaban J connectivity index is 2.17. The summed E-state index contributed by atoms with van der Waals surface area (Å²) in [4.78, 5) is 0. The molecule has 1 saturated heterocycles. The molecule has 2 rings (SSSR count). The van der Waals surface area contributed by atoms with Crippen molar-refractivity contribution in [1.82, 2.24) is 5.32 Å². The molecule has 0 spiro atoms. The van der Waals surface area contributed by atoms with Crippen LogP contribution in [0.3, 0.4) is 0 Å². The Morgan fingerprint density at radius 3 is 2.33 bits per heavy atom. The van der Waals surface area contributed by atoms with Crippen LogP contribution in [0.15, 0.2) is 30.3 Å². The smallest absolute Gasteiger partial charge is 0.103 e. The van der Waals surface area contributed by atoms with Gasteiger partial charge in [-0.2, -0.15) is 0 Å². The Hall–Kier alpha value is -0.860. The van der Waals surface area contributed by atoms with Crippen molar-refractivity contribution in [3.05, 3.63) is 35.9 Å².